The second kappa shape index (κ2) is 4.84. The van der Waals surface area contributed by atoms with E-state index in [1.165, 1.54) is 12.8 Å². The van der Waals surface area contributed by atoms with Gasteiger partial charge in [0.25, 0.3) is 5.91 Å². The van der Waals surface area contributed by atoms with Gasteiger partial charge in [0.15, 0.2) is 0 Å². The van der Waals surface area contributed by atoms with E-state index in [1.807, 2.05) is 23.1 Å². The minimum Gasteiger partial charge on any atom is -0.345 e. The molecule has 1 aromatic heterocycles. The Labute approximate surface area is 123 Å². The lowest BCUT2D eigenvalue weighted by atomic mass is 10.1. The third-order valence-corrected chi connectivity index (χ3v) is 5.10. The van der Waals surface area contributed by atoms with Crippen LogP contribution in [0.5, 0.6) is 0 Å². The van der Waals surface area contributed by atoms with Crippen LogP contribution in [0.3, 0.4) is 0 Å². The van der Waals surface area contributed by atoms with Crippen LogP contribution < -0.4 is 0 Å². The molecule has 2 fully saturated rings. The summed E-state index contributed by atoms with van der Waals surface area (Å²) in [5, 5.41) is 0. The topological polar surface area (TPSA) is 52.2 Å². The van der Waals surface area contributed by atoms with Gasteiger partial charge in [0, 0.05) is 30.7 Å². The molecule has 2 atom stereocenters. The molecule has 5 nitrogen and oxygen atoms in total. The number of rotatable bonds is 1. The van der Waals surface area contributed by atoms with E-state index < -0.39 is 0 Å². The number of aromatic amines is 1. The highest BCUT2D eigenvalue weighted by Gasteiger charge is 2.36. The zero-order valence-electron chi connectivity index (χ0n) is 12.2. The summed E-state index contributed by atoms with van der Waals surface area (Å²) < 4.78 is 0. The Kier molecular flexibility index (Phi) is 2.96. The second-order valence-electron chi connectivity index (χ2n) is 6.22. The van der Waals surface area contributed by atoms with Gasteiger partial charge in [-0.3, -0.25) is 9.69 Å². The normalized spacial score (nSPS) is 26.2. The minimum absolute atomic E-state index is 0.146. The van der Waals surface area contributed by atoms with Crippen molar-refractivity contribution in [3.05, 3.63) is 30.1 Å². The first-order valence-electron chi connectivity index (χ1n) is 7.67. The van der Waals surface area contributed by atoms with Gasteiger partial charge in [-0.1, -0.05) is 0 Å². The van der Waals surface area contributed by atoms with Gasteiger partial charge >= 0.3 is 0 Å². The Bertz CT molecular complexity index is 680. The molecule has 4 rings (SSSR count). The van der Waals surface area contributed by atoms with Crippen LogP contribution in [0.1, 0.15) is 29.6 Å². The van der Waals surface area contributed by atoms with Crippen molar-refractivity contribution >= 4 is 16.9 Å². The van der Waals surface area contributed by atoms with Gasteiger partial charge in [0.2, 0.25) is 0 Å². The van der Waals surface area contributed by atoms with Gasteiger partial charge in [-0.05, 0) is 44.5 Å². The molecule has 0 saturated carbocycles. The molecule has 2 saturated heterocycles. The first kappa shape index (κ1) is 12.8. The molecule has 0 radical (unpaired) electrons. The average Bonchev–Trinajstić information content (AvgIpc) is 3.02. The van der Waals surface area contributed by atoms with Crippen molar-refractivity contribution in [2.24, 2.45) is 0 Å². The Morgan fingerprint density at radius 2 is 2.14 bits per heavy atom. The number of aromatic nitrogens is 2. The molecule has 3 heterocycles. The molecule has 2 aromatic rings. The molecular weight excluding hydrogens is 264 g/mol. The maximum absolute atomic E-state index is 12.8. The largest absolute Gasteiger partial charge is 0.345 e. The van der Waals surface area contributed by atoms with Gasteiger partial charge < -0.3 is 9.88 Å². The number of fused-ring (bicyclic) bond motifs is 3. The molecule has 21 heavy (non-hydrogen) atoms. The number of likely N-dealkylation sites (tertiary alicyclic amines) is 1. The van der Waals surface area contributed by atoms with Gasteiger partial charge in [0.1, 0.15) is 0 Å². The van der Waals surface area contributed by atoms with Crippen LogP contribution in [0.25, 0.3) is 11.0 Å². The van der Waals surface area contributed by atoms with E-state index in [0.717, 1.165) is 36.1 Å². The van der Waals surface area contributed by atoms with Crippen molar-refractivity contribution in [2.75, 3.05) is 20.1 Å². The van der Waals surface area contributed by atoms with E-state index in [0.29, 0.717) is 12.1 Å². The fourth-order valence-electron chi connectivity index (χ4n) is 3.74. The highest BCUT2D eigenvalue weighted by molar-refractivity contribution is 5.97. The molecule has 1 amide bonds. The van der Waals surface area contributed by atoms with Crippen LogP contribution in [-0.2, 0) is 0 Å². The Balaban J connectivity index is 1.59. The molecule has 2 unspecified atom stereocenters. The number of hydrogen-bond acceptors (Lipinski definition) is 3. The molecule has 0 spiro atoms. The standard InChI is InChI=1S/C16H20N4O/c1-19-12-3-4-13(19)9-20(7-6-12)16(21)11-2-5-14-15(8-11)18-10-17-14/h2,5,8,10,12-13H,3-4,6-7,9H2,1H3,(H,17,18). The average molecular weight is 284 g/mol. The van der Waals surface area contributed by atoms with Gasteiger partial charge in [0.05, 0.1) is 17.4 Å². The fourth-order valence-corrected chi connectivity index (χ4v) is 3.74. The van der Waals surface area contributed by atoms with Crippen molar-refractivity contribution < 1.29 is 4.79 Å². The molecular formula is C16H20N4O. The van der Waals surface area contributed by atoms with Gasteiger partial charge in [-0.15, -0.1) is 0 Å². The van der Waals surface area contributed by atoms with Crippen LogP contribution in [-0.4, -0.2) is 57.9 Å². The maximum Gasteiger partial charge on any atom is 0.253 e. The van der Waals surface area contributed by atoms with E-state index in [4.69, 9.17) is 0 Å². The van der Waals surface area contributed by atoms with E-state index >= 15 is 0 Å². The number of H-pyrrole nitrogens is 1. The first-order valence-corrected chi connectivity index (χ1v) is 7.67. The maximum atomic E-state index is 12.8. The lowest BCUT2D eigenvalue weighted by Gasteiger charge is -2.25. The summed E-state index contributed by atoms with van der Waals surface area (Å²) in [5.41, 5.74) is 2.59. The summed E-state index contributed by atoms with van der Waals surface area (Å²) in [4.78, 5) is 24.5. The predicted octanol–water partition coefficient (Wildman–Crippen LogP) is 1.87. The number of carbonyl (C=O) groups excluding carboxylic acids is 1. The third-order valence-electron chi connectivity index (χ3n) is 5.10. The lowest BCUT2D eigenvalue weighted by Crippen LogP contribution is -2.39. The summed E-state index contributed by atoms with van der Waals surface area (Å²) in [6.45, 7) is 1.72. The Hall–Kier alpha value is -1.88. The summed E-state index contributed by atoms with van der Waals surface area (Å²) in [5.74, 6) is 0.146. The van der Waals surface area contributed by atoms with E-state index in [9.17, 15) is 4.79 Å². The number of amides is 1. The molecule has 5 heteroatoms. The number of imidazole rings is 1. The monoisotopic (exact) mass is 284 g/mol. The number of nitrogens with zero attached hydrogens (tertiary/aromatic N) is 3. The van der Waals surface area contributed by atoms with Crippen molar-refractivity contribution in [1.82, 2.24) is 19.8 Å². The zero-order valence-corrected chi connectivity index (χ0v) is 12.2. The molecule has 1 aromatic carbocycles. The van der Waals surface area contributed by atoms with Crippen LogP contribution in [0.15, 0.2) is 24.5 Å². The van der Waals surface area contributed by atoms with Crippen LogP contribution >= 0.6 is 0 Å². The predicted molar refractivity (Wildman–Crippen MR) is 81.2 cm³/mol. The molecule has 0 aliphatic carbocycles. The highest BCUT2D eigenvalue weighted by atomic mass is 16.2. The third kappa shape index (κ3) is 2.12. The Morgan fingerprint density at radius 3 is 3.05 bits per heavy atom. The molecule has 110 valence electrons. The van der Waals surface area contributed by atoms with Gasteiger partial charge in [-0.25, -0.2) is 4.98 Å². The summed E-state index contributed by atoms with van der Waals surface area (Å²) in [6.07, 6.45) is 5.25. The summed E-state index contributed by atoms with van der Waals surface area (Å²) in [6, 6.07) is 6.89. The Morgan fingerprint density at radius 1 is 1.29 bits per heavy atom. The van der Waals surface area contributed by atoms with Crippen LogP contribution in [0.4, 0.5) is 0 Å². The van der Waals surface area contributed by atoms with Crippen molar-refractivity contribution in [2.45, 2.75) is 31.3 Å². The second-order valence-corrected chi connectivity index (χ2v) is 6.22. The van der Waals surface area contributed by atoms with E-state index in [-0.39, 0.29) is 5.91 Å². The lowest BCUT2D eigenvalue weighted by molar-refractivity contribution is 0.0740. The van der Waals surface area contributed by atoms with E-state index in [2.05, 4.69) is 21.9 Å². The van der Waals surface area contributed by atoms with Crippen molar-refractivity contribution in [1.29, 1.82) is 0 Å². The molecule has 2 bridgehead atoms. The summed E-state index contributed by atoms with van der Waals surface area (Å²) in [7, 11) is 2.20. The van der Waals surface area contributed by atoms with Crippen LogP contribution in [0.2, 0.25) is 0 Å². The van der Waals surface area contributed by atoms with Gasteiger partial charge in [-0.2, -0.15) is 0 Å². The van der Waals surface area contributed by atoms with E-state index in [1.54, 1.807) is 6.33 Å². The molecule has 1 N–H and O–H groups in total. The quantitative estimate of drug-likeness (QED) is 0.870. The van der Waals surface area contributed by atoms with Crippen molar-refractivity contribution in [3.63, 3.8) is 0 Å². The SMILES string of the molecule is CN1C2CCC1CN(C(=O)c1ccc3nc[nH]c3c1)CC2. The zero-order chi connectivity index (χ0) is 14.4. The van der Waals surface area contributed by atoms with Crippen molar-refractivity contribution in [3.8, 4) is 0 Å². The number of nitrogens with one attached hydrogen (secondary N) is 1. The number of carbonyl (C=O) groups is 1. The smallest absolute Gasteiger partial charge is 0.253 e. The number of likely N-dealkylation sites (N-methyl/N-ethyl adjacent to an activating group) is 1. The molecule has 2 aliphatic rings. The molecule has 2 aliphatic heterocycles. The van der Waals surface area contributed by atoms with Crippen LogP contribution in [0, 0.1) is 0 Å². The first-order chi connectivity index (χ1) is 10.2. The minimum atomic E-state index is 0.146. The highest BCUT2D eigenvalue weighted by Crippen LogP contribution is 2.29. The number of benzene rings is 1. The summed E-state index contributed by atoms with van der Waals surface area (Å²) >= 11 is 0. The number of hydrogen-bond donors (Lipinski definition) is 1. The fraction of sp³-hybridized carbons (Fsp3) is 0.500.